The van der Waals surface area contributed by atoms with Crippen molar-refractivity contribution < 1.29 is 23.8 Å². The number of furan rings is 1. The van der Waals surface area contributed by atoms with Gasteiger partial charge in [-0.05, 0) is 18.2 Å². The highest BCUT2D eigenvalue weighted by Crippen LogP contribution is 2.29. The molecule has 1 aromatic carbocycles. The van der Waals surface area contributed by atoms with Crippen LogP contribution in [0.3, 0.4) is 0 Å². The van der Waals surface area contributed by atoms with Gasteiger partial charge in [-0.3, -0.25) is 0 Å². The van der Waals surface area contributed by atoms with Crippen LogP contribution in [0.4, 0.5) is 4.39 Å². The maximum absolute atomic E-state index is 13.6. The average molecular weight is 315 g/mol. The quantitative estimate of drug-likeness (QED) is 0.913. The Morgan fingerprint density at radius 3 is 2.72 bits per heavy atom. The monoisotopic (exact) mass is 314 g/mol. The van der Waals surface area contributed by atoms with Crippen molar-refractivity contribution in [2.24, 2.45) is 0 Å². The van der Waals surface area contributed by atoms with Gasteiger partial charge < -0.3 is 14.6 Å². The summed E-state index contributed by atoms with van der Waals surface area (Å²) in [5, 5.41) is 18.9. The first-order chi connectivity index (χ1) is 8.50. The third kappa shape index (κ3) is 2.30. The number of rotatable bonds is 3. The van der Waals surface area contributed by atoms with Crippen LogP contribution in [0.25, 0.3) is 0 Å². The fourth-order valence-electron chi connectivity index (χ4n) is 1.57. The first-order valence-electron chi connectivity index (χ1n) is 4.94. The summed E-state index contributed by atoms with van der Waals surface area (Å²) in [4.78, 5) is 10.9. The van der Waals surface area contributed by atoms with E-state index in [4.69, 9.17) is 9.52 Å². The van der Waals surface area contributed by atoms with Crippen LogP contribution in [0.2, 0.25) is 0 Å². The molecule has 0 aliphatic heterocycles. The SMILES string of the molecule is O=C(O)c1ccoc1C(O)c1ccc(Br)cc1F. The zero-order valence-corrected chi connectivity index (χ0v) is 10.5. The van der Waals surface area contributed by atoms with Crippen LogP contribution >= 0.6 is 15.9 Å². The van der Waals surface area contributed by atoms with Gasteiger partial charge in [0.25, 0.3) is 0 Å². The maximum atomic E-state index is 13.6. The van der Waals surface area contributed by atoms with Crippen molar-refractivity contribution in [2.75, 3.05) is 0 Å². The molecule has 0 saturated carbocycles. The van der Waals surface area contributed by atoms with E-state index in [0.29, 0.717) is 4.47 Å². The predicted octanol–water partition coefficient (Wildman–Crippen LogP) is 2.96. The van der Waals surface area contributed by atoms with Gasteiger partial charge in [0.05, 0.1) is 6.26 Å². The van der Waals surface area contributed by atoms with E-state index in [-0.39, 0.29) is 16.9 Å². The van der Waals surface area contributed by atoms with Crippen molar-refractivity contribution in [2.45, 2.75) is 6.10 Å². The summed E-state index contributed by atoms with van der Waals surface area (Å²) >= 11 is 3.09. The second-order valence-electron chi connectivity index (χ2n) is 3.57. The van der Waals surface area contributed by atoms with Crippen LogP contribution in [-0.4, -0.2) is 16.2 Å². The van der Waals surface area contributed by atoms with E-state index >= 15 is 0 Å². The summed E-state index contributed by atoms with van der Waals surface area (Å²) in [5.41, 5.74) is -0.236. The molecular weight excluding hydrogens is 307 g/mol. The van der Waals surface area contributed by atoms with E-state index in [0.717, 1.165) is 6.26 Å². The molecule has 1 atom stereocenters. The first-order valence-corrected chi connectivity index (χ1v) is 5.73. The Hall–Kier alpha value is -1.66. The summed E-state index contributed by atoms with van der Waals surface area (Å²) in [6.45, 7) is 0. The molecular formula is C12H8BrFO4. The minimum Gasteiger partial charge on any atom is -0.478 e. The second-order valence-corrected chi connectivity index (χ2v) is 4.49. The van der Waals surface area contributed by atoms with Crippen molar-refractivity contribution in [3.05, 3.63) is 57.7 Å². The van der Waals surface area contributed by atoms with Gasteiger partial charge in [0.2, 0.25) is 0 Å². The molecule has 6 heteroatoms. The number of carbonyl (C=O) groups is 1. The lowest BCUT2D eigenvalue weighted by Gasteiger charge is -2.10. The molecule has 4 nitrogen and oxygen atoms in total. The minimum absolute atomic E-state index is 0.0457. The van der Waals surface area contributed by atoms with E-state index in [1.54, 1.807) is 6.07 Å². The number of aliphatic hydroxyl groups is 1. The molecule has 1 unspecified atom stereocenters. The van der Waals surface area contributed by atoms with Crippen molar-refractivity contribution in [1.82, 2.24) is 0 Å². The zero-order chi connectivity index (χ0) is 13.3. The number of hydrogen-bond donors (Lipinski definition) is 2. The number of aromatic carboxylic acids is 1. The van der Waals surface area contributed by atoms with E-state index in [9.17, 15) is 14.3 Å². The van der Waals surface area contributed by atoms with E-state index in [1.165, 1.54) is 18.2 Å². The molecule has 94 valence electrons. The Kier molecular flexibility index (Phi) is 3.49. The van der Waals surface area contributed by atoms with Gasteiger partial charge in [-0.15, -0.1) is 0 Å². The standard InChI is InChI=1S/C12H8BrFO4/c13-6-1-2-7(9(14)5-6)10(15)11-8(12(16)17)3-4-18-11/h1-5,10,15H,(H,16,17). The summed E-state index contributed by atoms with van der Waals surface area (Å²) in [6, 6.07) is 5.29. The van der Waals surface area contributed by atoms with Crippen LogP contribution in [-0.2, 0) is 0 Å². The Morgan fingerprint density at radius 1 is 1.39 bits per heavy atom. The van der Waals surface area contributed by atoms with Gasteiger partial charge in [0, 0.05) is 10.0 Å². The highest BCUT2D eigenvalue weighted by Gasteiger charge is 2.24. The fourth-order valence-corrected chi connectivity index (χ4v) is 1.91. The Balaban J connectivity index is 2.44. The second kappa shape index (κ2) is 4.91. The molecule has 0 fully saturated rings. The molecule has 0 amide bonds. The first kappa shape index (κ1) is 12.8. The minimum atomic E-state index is -1.46. The van der Waals surface area contributed by atoms with Gasteiger partial charge in [-0.25, -0.2) is 9.18 Å². The molecule has 2 rings (SSSR count). The Morgan fingerprint density at radius 2 is 2.11 bits per heavy atom. The molecule has 0 radical (unpaired) electrons. The number of carboxylic acids is 1. The molecule has 1 aromatic heterocycles. The molecule has 0 aliphatic rings. The van der Waals surface area contributed by atoms with Crippen molar-refractivity contribution in [3.8, 4) is 0 Å². The molecule has 0 spiro atoms. The van der Waals surface area contributed by atoms with Crippen molar-refractivity contribution in [1.29, 1.82) is 0 Å². The lowest BCUT2D eigenvalue weighted by atomic mass is 10.0. The van der Waals surface area contributed by atoms with Gasteiger partial charge in [-0.2, -0.15) is 0 Å². The summed E-state index contributed by atoms with van der Waals surface area (Å²) in [7, 11) is 0. The van der Waals surface area contributed by atoms with Crippen molar-refractivity contribution in [3.63, 3.8) is 0 Å². The van der Waals surface area contributed by atoms with Crippen LogP contribution < -0.4 is 0 Å². The molecule has 1 heterocycles. The summed E-state index contributed by atoms with van der Waals surface area (Å²) in [5.74, 6) is -2.08. The molecule has 2 N–H and O–H groups in total. The third-order valence-electron chi connectivity index (χ3n) is 2.43. The van der Waals surface area contributed by atoms with Gasteiger partial charge in [0.15, 0.2) is 5.76 Å². The molecule has 0 saturated heterocycles. The summed E-state index contributed by atoms with van der Waals surface area (Å²) in [6.07, 6.45) is -0.321. The number of halogens is 2. The Bertz CT molecular complexity index is 594. The van der Waals surface area contributed by atoms with E-state index in [2.05, 4.69) is 15.9 Å². The van der Waals surface area contributed by atoms with Crippen LogP contribution in [0.15, 0.2) is 39.4 Å². The number of aliphatic hydroxyl groups excluding tert-OH is 1. The lowest BCUT2D eigenvalue weighted by molar-refractivity contribution is 0.0687. The highest BCUT2D eigenvalue weighted by molar-refractivity contribution is 9.10. The van der Waals surface area contributed by atoms with E-state index < -0.39 is 17.9 Å². The number of hydrogen-bond acceptors (Lipinski definition) is 3. The highest BCUT2D eigenvalue weighted by atomic mass is 79.9. The zero-order valence-electron chi connectivity index (χ0n) is 8.93. The molecule has 2 aromatic rings. The largest absolute Gasteiger partial charge is 0.478 e. The van der Waals surface area contributed by atoms with Gasteiger partial charge in [0.1, 0.15) is 17.5 Å². The molecule has 0 aliphatic carbocycles. The Labute approximate surface area is 110 Å². The maximum Gasteiger partial charge on any atom is 0.339 e. The fraction of sp³-hybridized carbons (Fsp3) is 0.0833. The normalized spacial score (nSPS) is 12.4. The van der Waals surface area contributed by atoms with Crippen LogP contribution in [0.5, 0.6) is 0 Å². The number of benzene rings is 1. The average Bonchev–Trinajstić information content (AvgIpc) is 2.77. The van der Waals surface area contributed by atoms with Crippen LogP contribution in [0.1, 0.15) is 27.8 Å². The predicted molar refractivity (Wildman–Crippen MR) is 63.8 cm³/mol. The topological polar surface area (TPSA) is 70.7 Å². The van der Waals surface area contributed by atoms with Crippen LogP contribution in [0, 0.1) is 5.82 Å². The van der Waals surface area contributed by atoms with Gasteiger partial charge in [-0.1, -0.05) is 22.0 Å². The lowest BCUT2D eigenvalue weighted by Crippen LogP contribution is -2.07. The molecule has 18 heavy (non-hydrogen) atoms. The number of carboxylic acid groups (broad SMARTS) is 1. The van der Waals surface area contributed by atoms with E-state index in [1.807, 2.05) is 0 Å². The van der Waals surface area contributed by atoms with Crippen molar-refractivity contribution >= 4 is 21.9 Å². The third-order valence-corrected chi connectivity index (χ3v) is 2.92. The summed E-state index contributed by atoms with van der Waals surface area (Å²) < 4.78 is 19.1. The molecule has 0 bridgehead atoms. The smallest absolute Gasteiger partial charge is 0.339 e. The van der Waals surface area contributed by atoms with Gasteiger partial charge >= 0.3 is 5.97 Å².